The van der Waals surface area contributed by atoms with Gasteiger partial charge in [0.2, 0.25) is 0 Å². The van der Waals surface area contributed by atoms with Gasteiger partial charge in [-0.3, -0.25) is 0 Å². The van der Waals surface area contributed by atoms with Crippen molar-refractivity contribution in [3.05, 3.63) is 0 Å². The topological polar surface area (TPSA) is 26.3 Å². The van der Waals surface area contributed by atoms with Gasteiger partial charge in [-0.15, -0.1) is 0 Å². The summed E-state index contributed by atoms with van der Waals surface area (Å²) >= 11 is 0. The first-order valence-corrected chi connectivity index (χ1v) is 3.28. The van der Waals surface area contributed by atoms with Crippen molar-refractivity contribution in [1.29, 1.82) is 0 Å². The molecule has 0 bridgehead atoms. The molecule has 2 nitrogen and oxygen atoms in total. The summed E-state index contributed by atoms with van der Waals surface area (Å²) in [5.41, 5.74) is 0.155. The van der Waals surface area contributed by atoms with Crippen LogP contribution in [-0.4, -0.2) is 19.5 Å². The lowest BCUT2D eigenvalue weighted by atomic mass is 9.87. The van der Waals surface area contributed by atoms with Crippen LogP contribution in [0.1, 0.15) is 19.8 Å². The summed E-state index contributed by atoms with van der Waals surface area (Å²) in [4.78, 5) is 10.1. The highest BCUT2D eigenvalue weighted by Crippen LogP contribution is 2.29. The van der Waals surface area contributed by atoms with Gasteiger partial charge < -0.3 is 9.53 Å². The Morgan fingerprint density at radius 3 is 3.00 bits per heavy atom. The summed E-state index contributed by atoms with van der Waals surface area (Å²) in [6.45, 7) is 3.67. The molecule has 52 valence electrons. The van der Waals surface area contributed by atoms with E-state index in [2.05, 4.69) is 6.92 Å². The van der Waals surface area contributed by atoms with E-state index in [9.17, 15) is 4.79 Å². The van der Waals surface area contributed by atoms with E-state index in [1.54, 1.807) is 0 Å². The molecule has 1 aliphatic rings. The van der Waals surface area contributed by atoms with Gasteiger partial charge in [0.15, 0.2) is 0 Å². The number of hydrogen-bond donors (Lipinski definition) is 0. The first kappa shape index (κ1) is 6.75. The first-order valence-electron chi connectivity index (χ1n) is 3.28. The van der Waals surface area contributed by atoms with Gasteiger partial charge in [0.25, 0.3) is 0 Å². The van der Waals surface area contributed by atoms with E-state index >= 15 is 0 Å². The molecule has 0 aromatic heterocycles. The Morgan fingerprint density at radius 1 is 1.78 bits per heavy atom. The number of carbonyl (C=O) groups excluding carboxylic acids is 1. The van der Waals surface area contributed by atoms with Gasteiger partial charge in [0.1, 0.15) is 6.29 Å². The lowest BCUT2D eigenvalue weighted by molar-refractivity contribution is -0.109. The number of carbonyl (C=O) groups is 1. The minimum absolute atomic E-state index is 0.155. The fraction of sp³-hybridized carbons (Fsp3) is 0.857. The van der Waals surface area contributed by atoms with Crippen molar-refractivity contribution in [3.63, 3.8) is 0 Å². The molecule has 0 N–H and O–H groups in total. The molecule has 0 aromatic carbocycles. The second-order valence-corrected chi connectivity index (χ2v) is 2.98. The highest BCUT2D eigenvalue weighted by atomic mass is 16.5. The van der Waals surface area contributed by atoms with Gasteiger partial charge in [-0.05, 0) is 11.8 Å². The number of rotatable bonds is 2. The Morgan fingerprint density at radius 2 is 2.56 bits per heavy atom. The fourth-order valence-electron chi connectivity index (χ4n) is 1.07. The molecule has 0 radical (unpaired) electrons. The number of aldehydes is 1. The first-order chi connectivity index (χ1) is 4.27. The molecule has 1 atom stereocenters. The molecule has 2 heteroatoms. The van der Waals surface area contributed by atoms with Gasteiger partial charge in [0, 0.05) is 13.0 Å². The summed E-state index contributed by atoms with van der Waals surface area (Å²) in [6.07, 6.45) is 2.66. The van der Waals surface area contributed by atoms with E-state index in [1.165, 1.54) is 0 Å². The number of hydrogen-bond acceptors (Lipinski definition) is 2. The summed E-state index contributed by atoms with van der Waals surface area (Å²) in [6, 6.07) is 0. The van der Waals surface area contributed by atoms with Crippen molar-refractivity contribution in [2.75, 3.05) is 13.2 Å². The Hall–Kier alpha value is -0.370. The molecule has 1 rings (SSSR count). The van der Waals surface area contributed by atoms with Gasteiger partial charge in [-0.25, -0.2) is 0 Å². The van der Waals surface area contributed by atoms with Crippen molar-refractivity contribution in [3.8, 4) is 0 Å². The van der Waals surface area contributed by atoms with Gasteiger partial charge in [-0.1, -0.05) is 6.92 Å². The van der Waals surface area contributed by atoms with Crippen LogP contribution in [0.2, 0.25) is 0 Å². The van der Waals surface area contributed by atoms with E-state index in [0.717, 1.165) is 25.9 Å². The normalized spacial score (nSPS) is 34.8. The van der Waals surface area contributed by atoms with E-state index in [4.69, 9.17) is 4.74 Å². The van der Waals surface area contributed by atoms with Crippen LogP contribution in [-0.2, 0) is 9.53 Å². The minimum Gasteiger partial charge on any atom is -0.381 e. The zero-order valence-corrected chi connectivity index (χ0v) is 5.72. The Bertz CT molecular complexity index is 103. The van der Waals surface area contributed by atoms with Gasteiger partial charge in [0.05, 0.1) is 6.61 Å². The smallest absolute Gasteiger partial charge is 0.120 e. The molecule has 9 heavy (non-hydrogen) atoms. The fourth-order valence-corrected chi connectivity index (χ4v) is 1.07. The SMILES string of the molecule is CC1(CC=O)CCOC1. The molecule has 0 amide bonds. The molecule has 1 saturated heterocycles. The summed E-state index contributed by atoms with van der Waals surface area (Å²) in [5.74, 6) is 0. The molecular formula is C7H12O2. The van der Waals surface area contributed by atoms with Crippen molar-refractivity contribution >= 4 is 6.29 Å². The van der Waals surface area contributed by atoms with Crippen molar-refractivity contribution < 1.29 is 9.53 Å². The maximum Gasteiger partial charge on any atom is 0.120 e. The summed E-state index contributed by atoms with van der Waals surface area (Å²) in [5, 5.41) is 0. The van der Waals surface area contributed by atoms with Crippen LogP contribution in [0, 0.1) is 5.41 Å². The monoisotopic (exact) mass is 128 g/mol. The van der Waals surface area contributed by atoms with E-state index in [0.29, 0.717) is 6.42 Å². The van der Waals surface area contributed by atoms with Crippen LogP contribution in [0.3, 0.4) is 0 Å². The zero-order chi connectivity index (χ0) is 6.74. The van der Waals surface area contributed by atoms with Crippen LogP contribution in [0.5, 0.6) is 0 Å². The highest BCUT2D eigenvalue weighted by molar-refractivity contribution is 5.50. The van der Waals surface area contributed by atoms with Crippen LogP contribution < -0.4 is 0 Å². The van der Waals surface area contributed by atoms with E-state index < -0.39 is 0 Å². The van der Waals surface area contributed by atoms with Crippen LogP contribution in [0.4, 0.5) is 0 Å². The summed E-state index contributed by atoms with van der Waals surface area (Å²) in [7, 11) is 0. The second-order valence-electron chi connectivity index (χ2n) is 2.98. The molecule has 0 aliphatic carbocycles. The molecule has 1 fully saturated rings. The third kappa shape index (κ3) is 1.52. The van der Waals surface area contributed by atoms with Crippen molar-refractivity contribution in [1.82, 2.24) is 0 Å². The predicted octanol–water partition coefficient (Wildman–Crippen LogP) is 1.00. The van der Waals surface area contributed by atoms with E-state index in [-0.39, 0.29) is 5.41 Å². The quantitative estimate of drug-likeness (QED) is 0.518. The average Bonchev–Trinajstić information content (AvgIpc) is 2.16. The van der Waals surface area contributed by atoms with Gasteiger partial charge in [-0.2, -0.15) is 0 Å². The molecule has 0 aromatic rings. The summed E-state index contributed by atoms with van der Waals surface area (Å²) < 4.78 is 5.15. The molecule has 1 unspecified atom stereocenters. The third-order valence-corrected chi connectivity index (χ3v) is 1.88. The minimum atomic E-state index is 0.155. The number of ether oxygens (including phenoxy) is 1. The largest absolute Gasteiger partial charge is 0.381 e. The van der Waals surface area contributed by atoms with Crippen LogP contribution in [0.25, 0.3) is 0 Å². The Kier molecular flexibility index (Phi) is 1.86. The average molecular weight is 128 g/mol. The second kappa shape index (κ2) is 2.48. The molecular weight excluding hydrogens is 116 g/mol. The predicted molar refractivity (Wildman–Crippen MR) is 34.2 cm³/mol. The van der Waals surface area contributed by atoms with Crippen LogP contribution in [0.15, 0.2) is 0 Å². The lowest BCUT2D eigenvalue weighted by Gasteiger charge is -2.16. The van der Waals surface area contributed by atoms with Crippen molar-refractivity contribution in [2.45, 2.75) is 19.8 Å². The maximum atomic E-state index is 10.1. The molecule has 1 aliphatic heterocycles. The van der Waals surface area contributed by atoms with E-state index in [1.807, 2.05) is 0 Å². The molecule has 0 saturated carbocycles. The third-order valence-electron chi connectivity index (χ3n) is 1.88. The highest BCUT2D eigenvalue weighted by Gasteiger charge is 2.28. The lowest BCUT2D eigenvalue weighted by Crippen LogP contribution is -2.15. The standard InChI is InChI=1S/C7H12O2/c1-7(2-4-8)3-5-9-6-7/h4H,2-3,5-6H2,1H3. The van der Waals surface area contributed by atoms with Crippen molar-refractivity contribution in [2.24, 2.45) is 5.41 Å². The Balaban J connectivity index is 2.40. The van der Waals surface area contributed by atoms with Crippen LogP contribution >= 0.6 is 0 Å². The maximum absolute atomic E-state index is 10.1. The van der Waals surface area contributed by atoms with Gasteiger partial charge >= 0.3 is 0 Å². The Labute approximate surface area is 55.2 Å². The molecule has 1 heterocycles. The molecule has 0 spiro atoms. The zero-order valence-electron chi connectivity index (χ0n) is 5.72.